The number of amides is 2. The van der Waals surface area contributed by atoms with Gasteiger partial charge in [0.15, 0.2) is 20.7 Å². The molecule has 2 N–H and O–H groups in total. The van der Waals surface area contributed by atoms with Gasteiger partial charge in [-0.25, -0.2) is 22.6 Å². The molecule has 0 saturated heterocycles. The summed E-state index contributed by atoms with van der Waals surface area (Å²) >= 11 is 0.708. The first-order valence-corrected chi connectivity index (χ1v) is 13.4. The number of carboxylic acid groups (broad SMARTS) is 1. The molecule has 0 radical (unpaired) electrons. The van der Waals surface area contributed by atoms with Gasteiger partial charge < -0.3 is 14.7 Å². The average Bonchev–Trinajstić information content (AvgIpc) is 3.24. The van der Waals surface area contributed by atoms with Crippen molar-refractivity contribution in [3.05, 3.63) is 41.8 Å². The number of urea groups is 1. The molecule has 0 atom stereocenters. The van der Waals surface area contributed by atoms with Gasteiger partial charge in [-0.05, 0) is 37.7 Å². The summed E-state index contributed by atoms with van der Waals surface area (Å²) in [6.45, 7) is 2.73. The fraction of sp³-hybridized carbons (Fsp3) is 0.500. The van der Waals surface area contributed by atoms with Crippen molar-refractivity contribution in [3.8, 4) is 0 Å². The Balaban J connectivity index is 1.64. The lowest BCUT2D eigenvalue weighted by molar-refractivity contribution is -0.134. The lowest BCUT2D eigenvalue weighted by Crippen LogP contribution is -2.46. The Kier molecular flexibility index (Phi) is 8.97. The van der Waals surface area contributed by atoms with E-state index in [-0.39, 0.29) is 41.0 Å². The largest absolute Gasteiger partial charge is 0.480 e. The Labute approximate surface area is 201 Å². The highest BCUT2D eigenvalue weighted by Crippen LogP contribution is 2.29. The molecule has 34 heavy (non-hydrogen) atoms. The van der Waals surface area contributed by atoms with Crippen LogP contribution < -0.4 is 5.32 Å². The molecule has 0 bridgehead atoms. The minimum Gasteiger partial charge on any atom is -0.480 e. The number of benzene rings is 1. The van der Waals surface area contributed by atoms with Crippen LogP contribution in [0.3, 0.4) is 0 Å². The van der Waals surface area contributed by atoms with E-state index in [1.54, 1.807) is 23.1 Å². The Morgan fingerprint density at radius 3 is 2.65 bits per heavy atom. The van der Waals surface area contributed by atoms with Crippen molar-refractivity contribution in [2.45, 2.75) is 49.5 Å². The van der Waals surface area contributed by atoms with E-state index >= 15 is 0 Å². The molecule has 1 aliphatic rings. The summed E-state index contributed by atoms with van der Waals surface area (Å²) in [4.78, 5) is 29.4. The highest BCUT2D eigenvalue weighted by molar-refractivity contribution is 7.94. The van der Waals surface area contributed by atoms with Crippen molar-refractivity contribution >= 4 is 38.3 Å². The molecule has 2 aromatic rings. The van der Waals surface area contributed by atoms with Gasteiger partial charge in [-0.3, -0.25) is 10.1 Å². The van der Waals surface area contributed by atoms with Crippen LogP contribution in [0.2, 0.25) is 0 Å². The summed E-state index contributed by atoms with van der Waals surface area (Å²) in [5.41, 5.74) is 0.433. The number of aliphatic carboxylic acids is 1. The maximum Gasteiger partial charge on any atom is 0.323 e. The van der Waals surface area contributed by atoms with Gasteiger partial charge in [-0.1, -0.05) is 36.5 Å². The predicted molar refractivity (Wildman–Crippen MR) is 125 cm³/mol. The van der Waals surface area contributed by atoms with Gasteiger partial charge in [0.2, 0.25) is 0 Å². The second kappa shape index (κ2) is 11.7. The number of sulfone groups is 1. The van der Waals surface area contributed by atoms with Crippen molar-refractivity contribution in [2.24, 2.45) is 5.92 Å². The van der Waals surface area contributed by atoms with Crippen LogP contribution in [0.25, 0.3) is 0 Å². The molecule has 1 fully saturated rings. The fourth-order valence-electron chi connectivity index (χ4n) is 3.82. The topological polar surface area (TPSA) is 126 Å². The van der Waals surface area contributed by atoms with Gasteiger partial charge in [0, 0.05) is 18.2 Å². The van der Waals surface area contributed by atoms with E-state index in [4.69, 9.17) is 9.84 Å². The zero-order chi connectivity index (χ0) is 24.7. The first-order chi connectivity index (χ1) is 16.2. The number of aromatic nitrogens is 1. The number of carbonyl (C=O) groups excluding carboxylic acids is 1. The monoisotopic (exact) mass is 513 g/mol. The number of carbonyl (C=O) groups is 2. The molecule has 0 unspecified atom stereocenters. The molecule has 1 aromatic heterocycles. The molecule has 1 aliphatic carbocycles. The lowest BCUT2D eigenvalue weighted by Gasteiger charge is -2.36. The molecule has 2 amide bonds. The van der Waals surface area contributed by atoms with Crippen molar-refractivity contribution < 1.29 is 32.2 Å². The molecule has 0 aliphatic heterocycles. The Hall–Kier alpha value is -2.57. The first-order valence-electron chi connectivity index (χ1n) is 10.9. The summed E-state index contributed by atoms with van der Waals surface area (Å²) in [5.74, 6) is -2.28. The minimum absolute atomic E-state index is 0.0107. The van der Waals surface area contributed by atoms with Crippen molar-refractivity contribution in [1.82, 2.24) is 9.88 Å². The van der Waals surface area contributed by atoms with Crippen molar-refractivity contribution in [1.29, 1.82) is 0 Å². The highest BCUT2D eigenvalue weighted by Gasteiger charge is 2.29. The number of nitrogens with one attached hydrogen (secondary N) is 1. The number of carboxylic acids is 1. The van der Waals surface area contributed by atoms with Crippen LogP contribution in [-0.4, -0.2) is 60.4 Å². The summed E-state index contributed by atoms with van der Waals surface area (Å²) in [6, 6.07) is 5.88. The average molecular weight is 514 g/mol. The van der Waals surface area contributed by atoms with E-state index in [9.17, 15) is 22.4 Å². The maximum atomic E-state index is 13.8. The van der Waals surface area contributed by atoms with Gasteiger partial charge in [-0.15, -0.1) is 0 Å². The van der Waals surface area contributed by atoms with Gasteiger partial charge >= 0.3 is 12.0 Å². The third-order valence-corrected chi connectivity index (χ3v) is 8.76. The smallest absolute Gasteiger partial charge is 0.323 e. The molecular weight excluding hydrogens is 485 g/mol. The van der Waals surface area contributed by atoms with E-state index in [2.05, 4.69) is 17.2 Å². The summed E-state index contributed by atoms with van der Waals surface area (Å²) < 4.78 is 43.4. The van der Waals surface area contributed by atoms with Crippen LogP contribution in [-0.2, 0) is 26.0 Å². The normalized spacial score (nSPS) is 18.4. The number of nitrogens with zero attached hydrogens (tertiary/aromatic N) is 2. The van der Waals surface area contributed by atoms with Crippen LogP contribution in [0, 0.1) is 11.7 Å². The second-order valence-electron chi connectivity index (χ2n) is 8.32. The SMILES string of the molecule is CC1CCC(N(CCOCc2ccccc2F)C(=O)Nc2ncc(S(=O)(=O)CC(=O)O)s2)CC1. The molecule has 9 nitrogen and oxygen atoms in total. The van der Waals surface area contributed by atoms with E-state index in [1.807, 2.05) is 0 Å². The number of rotatable bonds is 10. The summed E-state index contributed by atoms with van der Waals surface area (Å²) in [6.07, 6.45) is 4.68. The standard InChI is InChI=1S/C22H28FN3O6S2/c1-15-6-8-17(9-7-15)26(10-11-32-13-16-4-2-3-5-18(16)23)22(29)25-21-24-12-20(33-21)34(30,31)14-19(27)28/h2-5,12,15,17H,6-11,13-14H2,1H3,(H,27,28)(H,24,25,29). The molecule has 3 rings (SSSR count). The summed E-state index contributed by atoms with van der Waals surface area (Å²) in [7, 11) is -4.03. The first kappa shape index (κ1) is 26.0. The molecule has 0 spiro atoms. The molecule has 12 heteroatoms. The van der Waals surface area contributed by atoms with Gasteiger partial charge in [-0.2, -0.15) is 0 Å². The zero-order valence-electron chi connectivity index (χ0n) is 18.8. The molecule has 186 valence electrons. The predicted octanol–water partition coefficient (Wildman–Crippen LogP) is 3.77. The van der Waals surface area contributed by atoms with E-state index in [0.717, 1.165) is 31.9 Å². The molecule has 1 heterocycles. The van der Waals surface area contributed by atoms with E-state index in [0.29, 0.717) is 22.8 Å². The van der Waals surface area contributed by atoms with Crippen LogP contribution in [0.1, 0.15) is 38.2 Å². The third-order valence-electron chi connectivity index (χ3n) is 5.70. The minimum atomic E-state index is -4.03. The number of hydrogen-bond donors (Lipinski definition) is 2. The van der Waals surface area contributed by atoms with E-state index < -0.39 is 27.6 Å². The second-order valence-corrected chi connectivity index (χ2v) is 11.6. The van der Waals surface area contributed by atoms with Crippen LogP contribution in [0.15, 0.2) is 34.7 Å². The number of anilines is 1. The van der Waals surface area contributed by atoms with Gasteiger partial charge in [0.25, 0.3) is 0 Å². The van der Waals surface area contributed by atoms with Crippen LogP contribution >= 0.6 is 11.3 Å². The molecule has 1 saturated carbocycles. The van der Waals surface area contributed by atoms with Gasteiger partial charge in [0.05, 0.1) is 19.4 Å². The van der Waals surface area contributed by atoms with Crippen LogP contribution in [0.4, 0.5) is 14.3 Å². The van der Waals surface area contributed by atoms with Crippen molar-refractivity contribution in [2.75, 3.05) is 24.2 Å². The summed E-state index contributed by atoms with van der Waals surface area (Å²) in [5, 5.41) is 11.5. The Morgan fingerprint density at radius 2 is 1.97 bits per heavy atom. The number of halogens is 1. The Bertz CT molecular complexity index is 1100. The number of ether oxygens (including phenoxy) is 1. The van der Waals surface area contributed by atoms with E-state index in [1.165, 1.54) is 6.07 Å². The molecule has 1 aromatic carbocycles. The highest BCUT2D eigenvalue weighted by atomic mass is 32.2. The Morgan fingerprint density at radius 1 is 1.26 bits per heavy atom. The third kappa shape index (κ3) is 7.21. The lowest BCUT2D eigenvalue weighted by atomic mass is 9.86. The number of hydrogen-bond acceptors (Lipinski definition) is 7. The number of thiazole rings is 1. The van der Waals surface area contributed by atoms with Crippen LogP contribution in [0.5, 0.6) is 0 Å². The maximum absolute atomic E-state index is 13.8. The molecular formula is C22H28FN3O6S2. The quantitative estimate of drug-likeness (QED) is 0.463. The van der Waals surface area contributed by atoms with Gasteiger partial charge in [0.1, 0.15) is 10.0 Å². The fourth-order valence-corrected chi connectivity index (χ4v) is 5.96. The zero-order valence-corrected chi connectivity index (χ0v) is 20.4. The van der Waals surface area contributed by atoms with Crippen molar-refractivity contribution in [3.63, 3.8) is 0 Å².